The van der Waals surface area contributed by atoms with Crippen LogP contribution in [0.15, 0.2) is 41.8 Å². The zero-order chi connectivity index (χ0) is 37.8. The number of aromatic nitrogens is 5. The third kappa shape index (κ3) is 7.90. The van der Waals surface area contributed by atoms with E-state index >= 15 is 0 Å². The molecule has 4 aromatic rings. The normalized spacial score (nSPS) is 14.6. The average molecular weight is 730 g/mol. The number of aryl methyl sites for hydroxylation is 3. The van der Waals surface area contributed by atoms with Crippen molar-refractivity contribution in [3.8, 4) is 17.4 Å². The molecule has 6 rings (SSSR count). The number of carbonyl (C=O) groups is 5. The first kappa shape index (κ1) is 36.3. The van der Waals surface area contributed by atoms with Gasteiger partial charge < -0.3 is 48.2 Å². The van der Waals surface area contributed by atoms with Crippen LogP contribution in [0, 0.1) is 0 Å². The predicted molar refractivity (Wildman–Crippen MR) is 189 cm³/mol. The van der Waals surface area contributed by atoms with Crippen LogP contribution in [0.25, 0.3) is 0 Å². The lowest BCUT2D eigenvalue weighted by molar-refractivity contribution is -0.116. The molecule has 2 aliphatic heterocycles. The van der Waals surface area contributed by atoms with E-state index in [0.717, 1.165) is 12.8 Å². The minimum atomic E-state index is -0.862. The van der Waals surface area contributed by atoms with Crippen molar-refractivity contribution in [2.45, 2.75) is 38.6 Å². The Labute approximate surface area is 303 Å². The summed E-state index contributed by atoms with van der Waals surface area (Å²) < 4.78 is 25.9. The van der Waals surface area contributed by atoms with Gasteiger partial charge >= 0.3 is 11.9 Å². The quantitative estimate of drug-likeness (QED) is 0.151. The number of carbonyl (C=O) groups excluding carboxylic acids is 5. The molecule has 0 spiro atoms. The molecule has 0 saturated carbocycles. The number of anilines is 2. The van der Waals surface area contributed by atoms with Crippen LogP contribution in [0.2, 0.25) is 0 Å². The van der Waals surface area contributed by atoms with Crippen molar-refractivity contribution in [1.29, 1.82) is 0 Å². The number of amides is 3. The fraction of sp³-hybridized carbons (Fsp3) is 0.371. The van der Waals surface area contributed by atoms with Crippen LogP contribution < -0.4 is 24.8 Å². The number of methoxy groups -OCH3 is 1. The van der Waals surface area contributed by atoms with Crippen molar-refractivity contribution < 1.29 is 42.9 Å². The van der Waals surface area contributed by atoms with Gasteiger partial charge in [0.1, 0.15) is 5.69 Å². The highest BCUT2D eigenvalue weighted by Crippen LogP contribution is 2.38. The molecular weight excluding hydrogens is 690 g/mol. The van der Waals surface area contributed by atoms with Crippen molar-refractivity contribution >= 4 is 53.1 Å². The van der Waals surface area contributed by atoms with Gasteiger partial charge in [0, 0.05) is 58.8 Å². The zero-order valence-corrected chi connectivity index (χ0v) is 29.9. The molecule has 0 bridgehead atoms. The lowest BCUT2D eigenvalue weighted by atomic mass is 10.1. The number of ether oxygens (including phenoxy) is 4. The predicted octanol–water partition coefficient (Wildman–Crippen LogP) is 3.27. The molecule has 1 fully saturated rings. The molecule has 0 radical (unpaired) electrons. The Morgan fingerprint density at radius 1 is 0.925 bits per heavy atom. The highest BCUT2D eigenvalue weighted by atomic mass is 16.5. The van der Waals surface area contributed by atoms with Crippen molar-refractivity contribution in [1.82, 2.24) is 28.6 Å². The minimum Gasteiger partial charge on any atom is -0.493 e. The van der Waals surface area contributed by atoms with Crippen LogP contribution >= 0.6 is 0 Å². The number of imidazole rings is 2. The van der Waals surface area contributed by atoms with Gasteiger partial charge in [-0.2, -0.15) is 4.98 Å². The van der Waals surface area contributed by atoms with Gasteiger partial charge in [-0.3, -0.25) is 19.4 Å². The number of benzene rings is 1. The maximum Gasteiger partial charge on any atom is 0.381 e. The Morgan fingerprint density at radius 2 is 1.70 bits per heavy atom. The monoisotopic (exact) mass is 729 g/mol. The van der Waals surface area contributed by atoms with Gasteiger partial charge in [0.2, 0.25) is 23.4 Å². The average Bonchev–Trinajstić information content (AvgIpc) is 3.90. The number of fused-ring (bicyclic) bond motifs is 2. The zero-order valence-electron chi connectivity index (χ0n) is 29.9. The maximum atomic E-state index is 13.1. The highest BCUT2D eigenvalue weighted by Gasteiger charge is 2.32. The Bertz CT molecular complexity index is 2110. The van der Waals surface area contributed by atoms with Gasteiger partial charge in [-0.25, -0.2) is 14.6 Å². The first-order valence-corrected chi connectivity index (χ1v) is 16.9. The molecule has 3 aromatic heterocycles. The fourth-order valence-electron chi connectivity index (χ4n) is 6.03. The van der Waals surface area contributed by atoms with E-state index in [0.29, 0.717) is 41.4 Å². The molecule has 18 heteroatoms. The van der Waals surface area contributed by atoms with Gasteiger partial charge in [-0.1, -0.05) is 0 Å². The number of rotatable bonds is 13. The van der Waals surface area contributed by atoms with Crippen LogP contribution in [-0.4, -0.2) is 97.4 Å². The second-order valence-corrected chi connectivity index (χ2v) is 12.4. The summed E-state index contributed by atoms with van der Waals surface area (Å²) in [6.07, 6.45) is 8.51. The van der Waals surface area contributed by atoms with E-state index in [-0.39, 0.29) is 66.5 Å². The summed E-state index contributed by atoms with van der Waals surface area (Å²) in [6.45, 7) is 2.72. The SMILES string of the molecule is CCOC(=O)c1nc(OC(=O)c2nc(NC(=O)c3cc(NC(=O)CCCOc4cc5c(cc4OC)C(=O)N4CCC[C@H]4C=N5)cn3C)cn2C)cn1C. The third-order valence-electron chi connectivity index (χ3n) is 8.60. The van der Waals surface area contributed by atoms with Gasteiger partial charge in [0.25, 0.3) is 11.8 Å². The molecule has 5 heterocycles. The van der Waals surface area contributed by atoms with Crippen LogP contribution in [0.4, 0.5) is 17.2 Å². The van der Waals surface area contributed by atoms with Crippen molar-refractivity contribution in [2.75, 3.05) is 37.5 Å². The molecule has 1 atom stereocenters. The Hall–Kier alpha value is -6.46. The van der Waals surface area contributed by atoms with E-state index in [1.54, 1.807) is 52.6 Å². The summed E-state index contributed by atoms with van der Waals surface area (Å²) in [5.74, 6) is -1.82. The maximum absolute atomic E-state index is 13.1. The Kier molecular flexibility index (Phi) is 10.6. The summed E-state index contributed by atoms with van der Waals surface area (Å²) in [5.41, 5.74) is 1.60. The molecule has 2 aliphatic rings. The second-order valence-electron chi connectivity index (χ2n) is 12.4. The first-order chi connectivity index (χ1) is 25.4. The van der Waals surface area contributed by atoms with Crippen molar-refractivity contribution in [3.05, 3.63) is 59.7 Å². The summed E-state index contributed by atoms with van der Waals surface area (Å²) in [6, 6.07) is 4.83. The van der Waals surface area contributed by atoms with E-state index in [4.69, 9.17) is 18.9 Å². The van der Waals surface area contributed by atoms with Crippen LogP contribution in [0.5, 0.6) is 17.4 Å². The summed E-state index contributed by atoms with van der Waals surface area (Å²) in [7, 11) is 6.25. The number of nitrogens with one attached hydrogen (secondary N) is 2. The lowest BCUT2D eigenvalue weighted by Crippen LogP contribution is -2.35. The Balaban J connectivity index is 1.000. The molecule has 1 aromatic carbocycles. The molecule has 1 saturated heterocycles. The largest absolute Gasteiger partial charge is 0.493 e. The number of hydrogen-bond acceptors (Lipinski definition) is 12. The number of esters is 2. The van der Waals surface area contributed by atoms with E-state index in [1.165, 1.54) is 39.3 Å². The van der Waals surface area contributed by atoms with Crippen molar-refractivity contribution in [3.63, 3.8) is 0 Å². The third-order valence-corrected chi connectivity index (χ3v) is 8.60. The summed E-state index contributed by atoms with van der Waals surface area (Å²) >= 11 is 0. The van der Waals surface area contributed by atoms with Gasteiger partial charge in [-0.05, 0) is 38.3 Å². The summed E-state index contributed by atoms with van der Waals surface area (Å²) in [5, 5.41) is 5.43. The van der Waals surface area contributed by atoms with Gasteiger partial charge in [-0.15, -0.1) is 0 Å². The molecule has 2 N–H and O–H groups in total. The molecule has 278 valence electrons. The molecule has 53 heavy (non-hydrogen) atoms. The van der Waals surface area contributed by atoms with Gasteiger partial charge in [0.15, 0.2) is 17.3 Å². The smallest absolute Gasteiger partial charge is 0.381 e. The standard InChI is InChI=1S/C35H39N9O9/c1-6-51-34(48)30-40-29(19-43(30)4)53-35(49)31-38-27(18-42(31)3)39-32(46)24-13-20(17-41(24)2)37-28(45)10-8-12-52-26-15-23-22(14-25(26)50-5)33(47)44-11-7-9-21(44)16-36-23/h13-19,21H,6-12H2,1-5H3,(H,37,45)(H,39,46)/t21-/m0/s1. The van der Waals surface area contributed by atoms with Crippen molar-refractivity contribution in [2.24, 2.45) is 26.1 Å². The van der Waals surface area contributed by atoms with E-state index in [1.807, 2.05) is 4.90 Å². The van der Waals surface area contributed by atoms with E-state index < -0.39 is 17.8 Å². The van der Waals surface area contributed by atoms with E-state index in [9.17, 15) is 24.0 Å². The molecule has 18 nitrogen and oxygen atoms in total. The minimum absolute atomic E-state index is 0.0127. The number of nitrogens with zero attached hydrogens (tertiary/aromatic N) is 7. The van der Waals surface area contributed by atoms with Gasteiger partial charge in [0.05, 0.1) is 49.5 Å². The number of aliphatic imine (C=N–C) groups is 1. The summed E-state index contributed by atoms with van der Waals surface area (Å²) in [4.78, 5) is 78.4. The first-order valence-electron chi connectivity index (χ1n) is 16.9. The molecule has 0 unspecified atom stereocenters. The van der Waals surface area contributed by atoms with Crippen LogP contribution in [0.1, 0.15) is 74.7 Å². The second kappa shape index (κ2) is 15.4. The number of hydrogen-bond donors (Lipinski definition) is 2. The lowest BCUT2D eigenvalue weighted by Gasteiger charge is -2.20. The highest BCUT2D eigenvalue weighted by molar-refractivity contribution is 6.05. The fourth-order valence-corrected chi connectivity index (χ4v) is 6.03. The molecule has 3 amide bonds. The van der Waals surface area contributed by atoms with Crippen LogP contribution in [-0.2, 0) is 30.7 Å². The van der Waals surface area contributed by atoms with E-state index in [2.05, 4.69) is 25.6 Å². The Morgan fingerprint density at radius 3 is 2.47 bits per heavy atom. The topological polar surface area (TPSA) is 202 Å². The molecule has 0 aliphatic carbocycles. The van der Waals surface area contributed by atoms with Crippen LogP contribution in [0.3, 0.4) is 0 Å². The molecular formula is C35H39N9O9.